The first-order valence-corrected chi connectivity index (χ1v) is 8.55. The summed E-state index contributed by atoms with van der Waals surface area (Å²) in [6.07, 6.45) is 2.91. The maximum Gasteiger partial charge on any atom is 0.331 e. The zero-order chi connectivity index (χ0) is 19.7. The van der Waals surface area contributed by atoms with Crippen molar-refractivity contribution < 1.29 is 23.5 Å². The minimum Gasteiger partial charge on any atom is -0.496 e. The van der Waals surface area contributed by atoms with Crippen LogP contribution in [0.3, 0.4) is 0 Å². The number of imide groups is 2. The molecule has 7 heteroatoms. The zero-order valence-electron chi connectivity index (χ0n) is 15.0. The normalized spacial score (nSPS) is 16.0. The van der Waals surface area contributed by atoms with Gasteiger partial charge in [-0.1, -0.05) is 30.3 Å². The van der Waals surface area contributed by atoms with Crippen LogP contribution in [0.2, 0.25) is 0 Å². The molecule has 7 nitrogen and oxygen atoms in total. The molecule has 1 aliphatic heterocycles. The number of fused-ring (bicyclic) bond motifs is 1. The van der Waals surface area contributed by atoms with Crippen LogP contribution in [0, 0.1) is 0 Å². The van der Waals surface area contributed by atoms with E-state index in [9.17, 15) is 14.4 Å². The molecule has 140 valence electrons. The lowest BCUT2D eigenvalue weighted by molar-refractivity contribution is -0.130. The predicted molar refractivity (Wildman–Crippen MR) is 101 cm³/mol. The summed E-state index contributed by atoms with van der Waals surface area (Å²) in [7, 11) is 1.52. The zero-order valence-corrected chi connectivity index (χ0v) is 15.0. The van der Waals surface area contributed by atoms with Crippen LogP contribution in [-0.2, 0) is 16.1 Å². The first-order valence-electron chi connectivity index (χ1n) is 8.55. The molecule has 4 rings (SSSR count). The second-order valence-electron chi connectivity index (χ2n) is 6.19. The number of furan rings is 1. The van der Waals surface area contributed by atoms with E-state index in [0.29, 0.717) is 17.1 Å². The van der Waals surface area contributed by atoms with Crippen LogP contribution in [0.5, 0.6) is 5.75 Å². The highest BCUT2D eigenvalue weighted by atomic mass is 16.5. The molecule has 4 amide bonds. The maximum absolute atomic E-state index is 12.9. The number of urea groups is 1. The molecule has 2 aromatic carbocycles. The summed E-state index contributed by atoms with van der Waals surface area (Å²) in [6.45, 7) is -0.0744. The quantitative estimate of drug-likeness (QED) is 0.558. The first kappa shape index (κ1) is 17.5. The Bertz CT molecular complexity index is 1120. The number of benzene rings is 2. The Morgan fingerprint density at radius 2 is 1.89 bits per heavy atom. The van der Waals surface area contributed by atoms with Gasteiger partial charge in [-0.05, 0) is 35.0 Å². The molecule has 3 aromatic rings. The Hall–Kier alpha value is -3.87. The van der Waals surface area contributed by atoms with E-state index < -0.39 is 17.8 Å². The molecular weight excluding hydrogens is 360 g/mol. The van der Waals surface area contributed by atoms with E-state index in [-0.39, 0.29) is 12.1 Å². The van der Waals surface area contributed by atoms with Gasteiger partial charge >= 0.3 is 6.03 Å². The predicted octanol–water partition coefficient (Wildman–Crippen LogP) is 3.10. The molecular formula is C21H16N2O5. The van der Waals surface area contributed by atoms with Crippen LogP contribution in [-0.4, -0.2) is 29.9 Å². The number of rotatable bonds is 4. The number of ether oxygens (including phenoxy) is 1. The second kappa shape index (κ2) is 7.03. The first-order chi connectivity index (χ1) is 13.6. The molecule has 1 fully saturated rings. The lowest BCUT2D eigenvalue weighted by Crippen LogP contribution is -2.53. The molecule has 0 spiro atoms. The van der Waals surface area contributed by atoms with Gasteiger partial charge in [-0.25, -0.2) is 4.79 Å². The van der Waals surface area contributed by atoms with E-state index in [1.165, 1.54) is 19.4 Å². The number of hydrogen-bond acceptors (Lipinski definition) is 5. The van der Waals surface area contributed by atoms with Crippen molar-refractivity contribution in [3.05, 3.63) is 71.7 Å². The van der Waals surface area contributed by atoms with Crippen LogP contribution >= 0.6 is 0 Å². The molecule has 1 saturated heterocycles. The Labute approximate surface area is 160 Å². The number of nitrogens with one attached hydrogen (secondary N) is 1. The molecule has 1 aromatic heterocycles. The van der Waals surface area contributed by atoms with E-state index in [2.05, 4.69) is 5.32 Å². The summed E-state index contributed by atoms with van der Waals surface area (Å²) < 4.78 is 10.6. The third kappa shape index (κ3) is 3.03. The fourth-order valence-corrected chi connectivity index (χ4v) is 3.14. The summed E-state index contributed by atoms with van der Waals surface area (Å²) in [4.78, 5) is 38.4. The highest BCUT2D eigenvalue weighted by molar-refractivity contribution is 6.31. The largest absolute Gasteiger partial charge is 0.496 e. The van der Waals surface area contributed by atoms with Crippen molar-refractivity contribution in [3.8, 4) is 5.75 Å². The minimum absolute atomic E-state index is 0.0744. The summed E-state index contributed by atoms with van der Waals surface area (Å²) in [5.74, 6) is -0.498. The number of carbonyl (C=O) groups is 3. The average Bonchev–Trinajstić information content (AvgIpc) is 3.21. The molecule has 1 N–H and O–H groups in total. The minimum atomic E-state index is -0.784. The summed E-state index contributed by atoms with van der Waals surface area (Å²) in [5.41, 5.74) is 0.437. The van der Waals surface area contributed by atoms with Gasteiger partial charge in [0.25, 0.3) is 11.8 Å². The SMILES string of the molecule is COc1ccc2ccccc2c1/C=C1/C(=O)NC(=O)N(Cc2ccco2)C1=O. The smallest absolute Gasteiger partial charge is 0.331 e. The van der Waals surface area contributed by atoms with Crippen LogP contribution in [0.4, 0.5) is 4.79 Å². The Kier molecular flexibility index (Phi) is 4.41. The number of nitrogens with zero attached hydrogens (tertiary/aromatic N) is 1. The average molecular weight is 376 g/mol. The fraction of sp³-hybridized carbons (Fsp3) is 0.0952. The lowest BCUT2D eigenvalue weighted by atomic mass is 10.00. The Morgan fingerprint density at radius 3 is 2.64 bits per heavy atom. The number of barbiturate groups is 1. The summed E-state index contributed by atoms with van der Waals surface area (Å²) in [6, 6.07) is 13.7. The number of hydrogen-bond donors (Lipinski definition) is 1. The van der Waals surface area contributed by atoms with Gasteiger partial charge in [-0.3, -0.25) is 19.8 Å². The highest BCUT2D eigenvalue weighted by Crippen LogP contribution is 2.31. The van der Waals surface area contributed by atoms with Crippen molar-refractivity contribution >= 4 is 34.7 Å². The van der Waals surface area contributed by atoms with E-state index in [1.54, 1.807) is 18.2 Å². The van der Waals surface area contributed by atoms with Crippen LogP contribution in [0.15, 0.2) is 64.8 Å². The molecule has 0 aliphatic carbocycles. The summed E-state index contributed by atoms with van der Waals surface area (Å²) >= 11 is 0. The van der Waals surface area contributed by atoms with Gasteiger partial charge in [0.1, 0.15) is 17.1 Å². The third-order valence-corrected chi connectivity index (χ3v) is 4.52. The third-order valence-electron chi connectivity index (χ3n) is 4.52. The lowest BCUT2D eigenvalue weighted by Gasteiger charge is -2.25. The van der Waals surface area contributed by atoms with Crippen molar-refractivity contribution in [2.45, 2.75) is 6.54 Å². The molecule has 0 radical (unpaired) electrons. The molecule has 1 aliphatic rings. The molecule has 0 unspecified atom stereocenters. The van der Waals surface area contributed by atoms with Crippen molar-refractivity contribution in [2.24, 2.45) is 0 Å². The topological polar surface area (TPSA) is 88.8 Å². The highest BCUT2D eigenvalue weighted by Gasteiger charge is 2.36. The van der Waals surface area contributed by atoms with Crippen LogP contribution in [0.1, 0.15) is 11.3 Å². The monoisotopic (exact) mass is 376 g/mol. The van der Waals surface area contributed by atoms with Gasteiger partial charge in [0.2, 0.25) is 0 Å². The van der Waals surface area contributed by atoms with E-state index in [0.717, 1.165) is 15.7 Å². The van der Waals surface area contributed by atoms with E-state index in [1.807, 2.05) is 30.3 Å². The van der Waals surface area contributed by atoms with Crippen LogP contribution in [0.25, 0.3) is 16.8 Å². The van der Waals surface area contributed by atoms with Gasteiger partial charge in [0.05, 0.1) is 19.9 Å². The van der Waals surface area contributed by atoms with Crippen molar-refractivity contribution in [1.82, 2.24) is 10.2 Å². The second-order valence-corrected chi connectivity index (χ2v) is 6.19. The summed E-state index contributed by atoms with van der Waals surface area (Å²) in [5, 5.41) is 3.96. The van der Waals surface area contributed by atoms with Gasteiger partial charge in [0.15, 0.2) is 0 Å². The molecule has 28 heavy (non-hydrogen) atoms. The number of methoxy groups -OCH3 is 1. The van der Waals surface area contributed by atoms with Gasteiger partial charge in [-0.2, -0.15) is 0 Å². The molecule has 0 atom stereocenters. The molecule has 0 bridgehead atoms. The van der Waals surface area contributed by atoms with Crippen molar-refractivity contribution in [3.63, 3.8) is 0 Å². The Morgan fingerprint density at radius 1 is 1.07 bits per heavy atom. The Balaban J connectivity index is 1.80. The number of amides is 4. The number of carbonyl (C=O) groups excluding carboxylic acids is 3. The van der Waals surface area contributed by atoms with Gasteiger partial charge in [0, 0.05) is 5.56 Å². The van der Waals surface area contributed by atoms with E-state index >= 15 is 0 Å². The maximum atomic E-state index is 12.9. The van der Waals surface area contributed by atoms with E-state index in [4.69, 9.17) is 9.15 Å². The standard InChI is InChI=1S/C21H16N2O5/c1-27-18-9-8-13-5-2-3-7-15(13)16(18)11-17-19(24)22-21(26)23(20(17)25)12-14-6-4-10-28-14/h2-11H,12H2,1H3,(H,22,24,26)/b17-11-. The van der Waals surface area contributed by atoms with Gasteiger partial charge < -0.3 is 9.15 Å². The van der Waals surface area contributed by atoms with Crippen molar-refractivity contribution in [2.75, 3.05) is 7.11 Å². The van der Waals surface area contributed by atoms with Gasteiger partial charge in [-0.15, -0.1) is 0 Å². The fourth-order valence-electron chi connectivity index (χ4n) is 3.14. The molecule has 0 saturated carbocycles. The van der Waals surface area contributed by atoms with Crippen LogP contribution < -0.4 is 10.1 Å². The van der Waals surface area contributed by atoms with Crippen molar-refractivity contribution in [1.29, 1.82) is 0 Å². The molecule has 2 heterocycles.